The first kappa shape index (κ1) is 18.3. The number of benzene rings is 2. The van der Waals surface area contributed by atoms with Gasteiger partial charge in [0.05, 0.1) is 17.5 Å². The highest BCUT2D eigenvalue weighted by Gasteiger charge is 2.28. The second-order valence-corrected chi connectivity index (χ2v) is 8.94. The molecule has 1 aliphatic heterocycles. The Balaban J connectivity index is 1.90. The molecule has 3 heterocycles. The molecule has 144 valence electrons. The van der Waals surface area contributed by atoms with Crippen LogP contribution in [0.2, 0.25) is 0 Å². The molecule has 0 aliphatic carbocycles. The number of aryl methyl sites for hydroxylation is 1. The predicted molar refractivity (Wildman–Crippen MR) is 121 cm³/mol. The summed E-state index contributed by atoms with van der Waals surface area (Å²) in [6.45, 7) is 2.70. The zero-order chi connectivity index (χ0) is 20.1. The van der Waals surface area contributed by atoms with Gasteiger partial charge in [-0.1, -0.05) is 65.3 Å². The monoisotopic (exact) mass is 464 g/mol. The normalized spacial score (nSPS) is 14.6. The van der Waals surface area contributed by atoms with E-state index < -0.39 is 0 Å². The quantitative estimate of drug-likeness (QED) is 0.345. The topological polar surface area (TPSA) is 55.1 Å². The lowest BCUT2D eigenvalue weighted by atomic mass is 9.92. The number of thiophene rings is 1. The zero-order valence-electron chi connectivity index (χ0n) is 15.6. The highest BCUT2D eigenvalue weighted by atomic mass is 79.9. The van der Waals surface area contributed by atoms with E-state index in [1.54, 1.807) is 11.3 Å². The second kappa shape index (κ2) is 6.97. The Bertz CT molecular complexity index is 1370. The summed E-state index contributed by atoms with van der Waals surface area (Å²) >= 11 is 5.15. The van der Waals surface area contributed by atoms with Gasteiger partial charge in [-0.05, 0) is 29.7 Å². The highest BCUT2D eigenvalue weighted by molar-refractivity contribution is 9.10. The van der Waals surface area contributed by atoms with E-state index in [-0.39, 0.29) is 11.3 Å². The zero-order valence-corrected chi connectivity index (χ0v) is 18.0. The molecule has 29 heavy (non-hydrogen) atoms. The Morgan fingerprint density at radius 1 is 1.21 bits per heavy atom. The Kier molecular flexibility index (Phi) is 4.41. The number of hydrogen-bond donors (Lipinski definition) is 1. The van der Waals surface area contributed by atoms with Gasteiger partial charge in [-0.15, -0.1) is 11.3 Å². The first-order valence-corrected chi connectivity index (χ1v) is 11.0. The Hall–Kier alpha value is -2.70. The van der Waals surface area contributed by atoms with E-state index in [9.17, 15) is 9.90 Å². The van der Waals surface area contributed by atoms with Gasteiger partial charge in [0.1, 0.15) is 16.4 Å². The molecule has 2 aromatic heterocycles. The summed E-state index contributed by atoms with van der Waals surface area (Å²) < 4.78 is 2.85. The smallest absolute Gasteiger partial charge is 0.281 e. The maximum absolute atomic E-state index is 12.8. The number of aromatic nitrogens is 2. The molecule has 0 unspecified atom stereocenters. The Morgan fingerprint density at radius 2 is 1.97 bits per heavy atom. The van der Waals surface area contributed by atoms with Crippen LogP contribution in [0.25, 0.3) is 21.5 Å². The standard InChI is InChI=1S/C23H17BrN2O2S/c1-2-14-11-17-22(28)25-21-19(20(27)16-9-5-6-10-18(16)24)15-8-4-3-7-13(15)12-26(21)23(17)29-14/h3-11,27H,2,12H2,1H3/b20-19+. The van der Waals surface area contributed by atoms with Gasteiger partial charge in [0.2, 0.25) is 0 Å². The van der Waals surface area contributed by atoms with E-state index in [1.165, 1.54) is 0 Å². The lowest BCUT2D eigenvalue weighted by Crippen LogP contribution is -2.23. The molecule has 0 amide bonds. The number of aliphatic hydroxyl groups is 1. The third-order valence-corrected chi connectivity index (χ3v) is 7.25. The second-order valence-electron chi connectivity index (χ2n) is 6.97. The molecule has 1 N–H and O–H groups in total. The van der Waals surface area contributed by atoms with Gasteiger partial charge in [-0.2, -0.15) is 4.98 Å². The number of hydrogen-bond acceptors (Lipinski definition) is 4. The van der Waals surface area contributed by atoms with E-state index in [4.69, 9.17) is 0 Å². The summed E-state index contributed by atoms with van der Waals surface area (Å²) in [6, 6.07) is 17.4. The van der Waals surface area contributed by atoms with Crippen LogP contribution in [0.4, 0.5) is 0 Å². The molecular weight excluding hydrogens is 448 g/mol. The lowest BCUT2D eigenvalue weighted by Gasteiger charge is -2.25. The number of aliphatic hydroxyl groups excluding tert-OH is 1. The fourth-order valence-corrected chi connectivity index (χ4v) is 5.38. The maximum atomic E-state index is 12.8. The van der Waals surface area contributed by atoms with Crippen molar-refractivity contribution in [3.63, 3.8) is 0 Å². The van der Waals surface area contributed by atoms with Crippen LogP contribution in [0, 0.1) is 0 Å². The van der Waals surface area contributed by atoms with Crippen molar-refractivity contribution in [1.29, 1.82) is 0 Å². The number of rotatable bonds is 2. The van der Waals surface area contributed by atoms with E-state index in [0.29, 0.717) is 28.9 Å². The molecular formula is C23H17BrN2O2S. The summed E-state index contributed by atoms with van der Waals surface area (Å²) in [5.41, 5.74) is 3.00. The van der Waals surface area contributed by atoms with Crippen LogP contribution in [0.5, 0.6) is 0 Å². The fourth-order valence-electron chi connectivity index (χ4n) is 3.82. The summed E-state index contributed by atoms with van der Waals surface area (Å²) in [7, 11) is 0. The predicted octanol–water partition coefficient (Wildman–Crippen LogP) is 5.62. The van der Waals surface area contributed by atoms with Gasteiger partial charge in [-0.3, -0.25) is 4.79 Å². The molecule has 0 saturated heterocycles. The molecule has 2 aromatic carbocycles. The molecule has 0 bridgehead atoms. The lowest BCUT2D eigenvalue weighted by molar-refractivity contribution is 0.512. The van der Waals surface area contributed by atoms with E-state index in [0.717, 1.165) is 31.7 Å². The minimum atomic E-state index is -0.251. The molecule has 0 spiro atoms. The van der Waals surface area contributed by atoms with Crippen LogP contribution in [0.15, 0.2) is 63.9 Å². The molecule has 6 heteroatoms. The summed E-state index contributed by atoms with van der Waals surface area (Å²) in [5, 5.41) is 12.0. The molecule has 4 aromatic rings. The van der Waals surface area contributed by atoms with Crippen LogP contribution in [-0.2, 0) is 13.0 Å². The SMILES string of the molecule is CCc1cc2c(=O)nc3n(c2s1)Cc1ccccc1/C3=C(\O)c1ccccc1Br. The molecule has 0 radical (unpaired) electrons. The van der Waals surface area contributed by atoms with Crippen molar-refractivity contribution < 1.29 is 5.11 Å². The Morgan fingerprint density at radius 3 is 2.76 bits per heavy atom. The molecule has 0 atom stereocenters. The molecule has 5 rings (SSSR count). The van der Waals surface area contributed by atoms with E-state index >= 15 is 0 Å². The average molecular weight is 465 g/mol. The minimum Gasteiger partial charge on any atom is -0.506 e. The third kappa shape index (κ3) is 2.86. The van der Waals surface area contributed by atoms with Crippen molar-refractivity contribution in [2.45, 2.75) is 19.9 Å². The molecule has 0 fully saturated rings. The van der Waals surface area contributed by atoms with Crippen LogP contribution in [0.3, 0.4) is 0 Å². The number of fused-ring (bicyclic) bond motifs is 4. The van der Waals surface area contributed by atoms with Crippen molar-refractivity contribution in [2.75, 3.05) is 0 Å². The van der Waals surface area contributed by atoms with E-state index in [2.05, 4.69) is 38.5 Å². The van der Waals surface area contributed by atoms with Crippen LogP contribution in [-0.4, -0.2) is 14.7 Å². The van der Waals surface area contributed by atoms with Crippen LogP contribution in [0.1, 0.15) is 34.3 Å². The van der Waals surface area contributed by atoms with Crippen molar-refractivity contribution in [2.24, 2.45) is 0 Å². The number of halogens is 1. The largest absolute Gasteiger partial charge is 0.506 e. The van der Waals surface area contributed by atoms with Crippen molar-refractivity contribution in [3.8, 4) is 0 Å². The average Bonchev–Trinajstić information content (AvgIpc) is 3.18. The van der Waals surface area contributed by atoms with Gasteiger partial charge >= 0.3 is 0 Å². The summed E-state index contributed by atoms with van der Waals surface area (Å²) in [5.74, 6) is 0.621. The van der Waals surface area contributed by atoms with Gasteiger partial charge in [0, 0.05) is 14.9 Å². The maximum Gasteiger partial charge on any atom is 0.281 e. The summed E-state index contributed by atoms with van der Waals surface area (Å²) in [6.07, 6.45) is 0.871. The number of nitrogens with zero attached hydrogens (tertiary/aromatic N) is 2. The van der Waals surface area contributed by atoms with Crippen molar-refractivity contribution in [1.82, 2.24) is 9.55 Å². The minimum absolute atomic E-state index is 0.108. The molecule has 0 saturated carbocycles. The van der Waals surface area contributed by atoms with Gasteiger partial charge in [0.15, 0.2) is 0 Å². The van der Waals surface area contributed by atoms with Crippen LogP contribution < -0.4 is 5.56 Å². The highest BCUT2D eigenvalue weighted by Crippen LogP contribution is 2.39. The summed E-state index contributed by atoms with van der Waals surface area (Å²) in [4.78, 5) is 19.3. The van der Waals surface area contributed by atoms with Gasteiger partial charge < -0.3 is 9.67 Å². The molecule has 1 aliphatic rings. The van der Waals surface area contributed by atoms with Crippen LogP contribution >= 0.6 is 27.3 Å². The van der Waals surface area contributed by atoms with E-state index in [1.807, 2.05) is 48.5 Å². The van der Waals surface area contributed by atoms with Gasteiger partial charge in [-0.25, -0.2) is 0 Å². The first-order chi connectivity index (χ1) is 14.1. The van der Waals surface area contributed by atoms with Gasteiger partial charge in [0.25, 0.3) is 5.56 Å². The first-order valence-electron chi connectivity index (χ1n) is 9.38. The van der Waals surface area contributed by atoms with Crippen molar-refractivity contribution >= 4 is 48.8 Å². The fraction of sp³-hybridized carbons (Fsp3) is 0.130. The van der Waals surface area contributed by atoms with Crippen molar-refractivity contribution in [3.05, 3.63) is 96.8 Å². The Labute approximate surface area is 179 Å². The third-order valence-electron chi connectivity index (χ3n) is 5.26. The molecule has 4 nitrogen and oxygen atoms in total.